The molecular formula is C18H29ClN2. The lowest BCUT2D eigenvalue weighted by atomic mass is 10.1. The average Bonchev–Trinajstić information content (AvgIpc) is 2.77. The van der Waals surface area contributed by atoms with Gasteiger partial charge in [0.25, 0.3) is 0 Å². The number of nitrogens with one attached hydrogen (secondary N) is 1. The van der Waals surface area contributed by atoms with Crippen LogP contribution in [0.3, 0.4) is 0 Å². The first-order valence-corrected chi connectivity index (χ1v) is 8.82. The van der Waals surface area contributed by atoms with Crippen LogP contribution in [-0.4, -0.2) is 19.6 Å². The molecule has 0 bridgehead atoms. The summed E-state index contributed by atoms with van der Waals surface area (Å²) in [5.41, 5.74) is 2.45. The minimum absolute atomic E-state index is 0.674. The summed E-state index contributed by atoms with van der Waals surface area (Å²) in [5, 5.41) is 4.30. The molecule has 1 saturated carbocycles. The highest BCUT2D eigenvalue weighted by atomic mass is 35.5. The van der Waals surface area contributed by atoms with Crippen molar-refractivity contribution in [2.24, 2.45) is 0 Å². The molecule has 1 aromatic carbocycles. The number of anilines is 1. The van der Waals surface area contributed by atoms with E-state index in [1.54, 1.807) is 0 Å². The topological polar surface area (TPSA) is 15.3 Å². The molecule has 1 aromatic rings. The predicted octanol–water partition coefficient (Wildman–Crippen LogP) is 5.00. The van der Waals surface area contributed by atoms with E-state index in [2.05, 4.69) is 42.4 Å². The van der Waals surface area contributed by atoms with Crippen molar-refractivity contribution in [3.05, 3.63) is 28.8 Å². The van der Waals surface area contributed by atoms with E-state index < -0.39 is 0 Å². The normalized spacial score (nSPS) is 16.7. The Bertz CT molecular complexity index is 425. The molecule has 0 aromatic heterocycles. The third-order valence-electron chi connectivity index (χ3n) is 4.56. The molecule has 0 amide bonds. The first kappa shape index (κ1) is 16.6. The van der Waals surface area contributed by atoms with Gasteiger partial charge in [0.1, 0.15) is 0 Å². The Kier molecular flexibility index (Phi) is 6.85. The molecule has 2 rings (SSSR count). The van der Waals surface area contributed by atoms with Crippen molar-refractivity contribution in [1.82, 2.24) is 5.32 Å². The van der Waals surface area contributed by atoms with Crippen molar-refractivity contribution < 1.29 is 0 Å². The van der Waals surface area contributed by atoms with Gasteiger partial charge in [-0.05, 0) is 43.5 Å². The quantitative estimate of drug-likeness (QED) is 0.588. The molecule has 1 aliphatic carbocycles. The van der Waals surface area contributed by atoms with Crippen molar-refractivity contribution in [1.29, 1.82) is 0 Å². The third kappa shape index (κ3) is 4.89. The van der Waals surface area contributed by atoms with Gasteiger partial charge in [0.05, 0.1) is 0 Å². The van der Waals surface area contributed by atoms with E-state index in [9.17, 15) is 0 Å². The highest BCUT2D eigenvalue weighted by Gasteiger charge is 2.17. The van der Waals surface area contributed by atoms with Crippen LogP contribution in [0.4, 0.5) is 5.69 Å². The first-order chi connectivity index (χ1) is 10.2. The van der Waals surface area contributed by atoms with Crippen molar-refractivity contribution in [3.8, 4) is 0 Å². The highest BCUT2D eigenvalue weighted by Crippen LogP contribution is 2.28. The molecule has 1 aliphatic rings. The maximum Gasteiger partial charge on any atom is 0.0471 e. The summed E-state index contributed by atoms with van der Waals surface area (Å²) in [6.45, 7) is 4.08. The van der Waals surface area contributed by atoms with Gasteiger partial charge < -0.3 is 10.2 Å². The molecule has 3 heteroatoms. The monoisotopic (exact) mass is 308 g/mol. The SMILES string of the molecule is CCCNCc1ccc(N(C)C2CCCCCC2)cc1Cl. The molecular weight excluding hydrogens is 280 g/mol. The predicted molar refractivity (Wildman–Crippen MR) is 93.3 cm³/mol. The lowest BCUT2D eigenvalue weighted by molar-refractivity contribution is 0.553. The minimum Gasteiger partial charge on any atom is -0.372 e. The number of nitrogens with zero attached hydrogens (tertiary/aromatic N) is 1. The third-order valence-corrected chi connectivity index (χ3v) is 4.91. The molecule has 0 saturated heterocycles. The van der Waals surface area contributed by atoms with Crippen LogP contribution in [0, 0.1) is 0 Å². The summed E-state index contributed by atoms with van der Waals surface area (Å²) in [5.74, 6) is 0. The van der Waals surface area contributed by atoms with Crippen LogP contribution in [0.5, 0.6) is 0 Å². The van der Waals surface area contributed by atoms with Gasteiger partial charge in [0, 0.05) is 30.3 Å². The van der Waals surface area contributed by atoms with Crippen LogP contribution < -0.4 is 10.2 Å². The van der Waals surface area contributed by atoms with Crippen molar-refractivity contribution in [3.63, 3.8) is 0 Å². The van der Waals surface area contributed by atoms with Crippen molar-refractivity contribution in [2.45, 2.75) is 64.5 Å². The summed E-state index contributed by atoms with van der Waals surface area (Å²) in [6.07, 6.45) is 9.30. The standard InChI is InChI=1S/C18H29ClN2/c1-3-12-20-14-15-10-11-17(13-18(15)19)21(2)16-8-6-4-5-7-9-16/h10-11,13,16,20H,3-9,12,14H2,1-2H3. The van der Waals surface area contributed by atoms with Crippen LogP contribution >= 0.6 is 11.6 Å². The van der Waals surface area contributed by atoms with Crippen LogP contribution in [-0.2, 0) is 6.54 Å². The summed E-state index contributed by atoms with van der Waals surface area (Å²) in [6, 6.07) is 7.20. The van der Waals surface area contributed by atoms with Gasteiger partial charge in [-0.3, -0.25) is 0 Å². The molecule has 0 radical (unpaired) electrons. The summed E-state index contributed by atoms with van der Waals surface area (Å²) < 4.78 is 0. The van der Waals surface area contributed by atoms with E-state index in [0.29, 0.717) is 6.04 Å². The largest absolute Gasteiger partial charge is 0.372 e. The molecule has 1 N–H and O–H groups in total. The Morgan fingerprint density at radius 1 is 1.19 bits per heavy atom. The van der Waals surface area contributed by atoms with E-state index in [4.69, 9.17) is 11.6 Å². The van der Waals surface area contributed by atoms with E-state index in [1.165, 1.54) is 49.8 Å². The smallest absolute Gasteiger partial charge is 0.0471 e. The van der Waals surface area contributed by atoms with E-state index in [1.807, 2.05) is 0 Å². The average molecular weight is 309 g/mol. The number of rotatable bonds is 6. The molecule has 0 atom stereocenters. The van der Waals surface area contributed by atoms with Crippen LogP contribution in [0.2, 0.25) is 5.02 Å². The van der Waals surface area contributed by atoms with Crippen LogP contribution in [0.1, 0.15) is 57.4 Å². The van der Waals surface area contributed by atoms with E-state index in [-0.39, 0.29) is 0 Å². The van der Waals surface area contributed by atoms with Crippen LogP contribution in [0.15, 0.2) is 18.2 Å². The Morgan fingerprint density at radius 3 is 2.52 bits per heavy atom. The van der Waals surface area contributed by atoms with Gasteiger partial charge in [0.2, 0.25) is 0 Å². The zero-order valence-corrected chi connectivity index (χ0v) is 14.3. The Balaban J connectivity index is 2.00. The Hall–Kier alpha value is -0.730. The zero-order valence-electron chi connectivity index (χ0n) is 13.5. The fourth-order valence-electron chi connectivity index (χ4n) is 3.15. The Labute approximate surface area is 134 Å². The van der Waals surface area contributed by atoms with Crippen molar-refractivity contribution in [2.75, 3.05) is 18.5 Å². The van der Waals surface area contributed by atoms with Gasteiger partial charge >= 0.3 is 0 Å². The highest BCUT2D eigenvalue weighted by molar-refractivity contribution is 6.31. The van der Waals surface area contributed by atoms with E-state index in [0.717, 1.165) is 24.5 Å². The maximum atomic E-state index is 6.46. The second-order valence-electron chi connectivity index (χ2n) is 6.21. The molecule has 0 spiro atoms. The fraction of sp³-hybridized carbons (Fsp3) is 0.667. The minimum atomic E-state index is 0.674. The Morgan fingerprint density at radius 2 is 1.90 bits per heavy atom. The molecule has 2 nitrogen and oxygen atoms in total. The van der Waals surface area contributed by atoms with Gasteiger partial charge in [0.15, 0.2) is 0 Å². The number of hydrogen-bond donors (Lipinski definition) is 1. The van der Waals surface area contributed by atoms with Crippen molar-refractivity contribution >= 4 is 17.3 Å². The molecule has 118 valence electrons. The summed E-state index contributed by atoms with van der Waals surface area (Å²) in [4.78, 5) is 2.43. The molecule has 21 heavy (non-hydrogen) atoms. The van der Waals surface area contributed by atoms with Gasteiger partial charge in [-0.15, -0.1) is 0 Å². The number of hydrogen-bond acceptors (Lipinski definition) is 2. The zero-order chi connectivity index (χ0) is 15.1. The molecule has 0 heterocycles. The first-order valence-electron chi connectivity index (χ1n) is 8.44. The summed E-state index contributed by atoms with van der Waals surface area (Å²) in [7, 11) is 2.22. The van der Waals surface area contributed by atoms with Crippen LogP contribution in [0.25, 0.3) is 0 Å². The lowest BCUT2D eigenvalue weighted by Crippen LogP contribution is -2.31. The second-order valence-corrected chi connectivity index (χ2v) is 6.62. The lowest BCUT2D eigenvalue weighted by Gasteiger charge is -2.29. The van der Waals surface area contributed by atoms with Gasteiger partial charge in [-0.2, -0.15) is 0 Å². The summed E-state index contributed by atoms with van der Waals surface area (Å²) >= 11 is 6.46. The molecule has 1 fully saturated rings. The number of benzene rings is 1. The molecule has 0 unspecified atom stereocenters. The van der Waals surface area contributed by atoms with Gasteiger partial charge in [-0.1, -0.05) is 50.3 Å². The maximum absolute atomic E-state index is 6.46. The molecule has 0 aliphatic heterocycles. The van der Waals surface area contributed by atoms with Gasteiger partial charge in [-0.25, -0.2) is 0 Å². The second kappa shape index (κ2) is 8.65. The fourth-order valence-corrected chi connectivity index (χ4v) is 3.40. The number of halogens is 1. The van der Waals surface area contributed by atoms with E-state index >= 15 is 0 Å².